The SMILES string of the molecule is COc1ccc(Nc2ccc(CNC(=O)C3CCOC3)nc2)c(C(F)(F)F)c1. The predicted octanol–water partition coefficient (Wildman–Crippen LogP) is 3.51. The van der Waals surface area contributed by atoms with Crippen LogP contribution in [0.3, 0.4) is 0 Å². The summed E-state index contributed by atoms with van der Waals surface area (Å²) in [5.74, 6) is -0.110. The number of carbonyl (C=O) groups excluding carboxylic acids is 1. The van der Waals surface area contributed by atoms with Crippen molar-refractivity contribution in [1.82, 2.24) is 10.3 Å². The van der Waals surface area contributed by atoms with E-state index in [4.69, 9.17) is 9.47 Å². The van der Waals surface area contributed by atoms with Crippen molar-refractivity contribution in [3.05, 3.63) is 47.8 Å². The monoisotopic (exact) mass is 395 g/mol. The van der Waals surface area contributed by atoms with Crippen LogP contribution in [0, 0.1) is 5.92 Å². The molecule has 1 aromatic heterocycles. The number of anilines is 2. The van der Waals surface area contributed by atoms with E-state index in [1.165, 1.54) is 25.4 Å². The molecule has 1 atom stereocenters. The third kappa shape index (κ3) is 4.92. The van der Waals surface area contributed by atoms with Crippen molar-refractivity contribution in [3.63, 3.8) is 0 Å². The summed E-state index contributed by atoms with van der Waals surface area (Å²) >= 11 is 0. The van der Waals surface area contributed by atoms with Gasteiger partial charge in [-0.25, -0.2) is 0 Å². The summed E-state index contributed by atoms with van der Waals surface area (Å²) in [5, 5.41) is 5.51. The summed E-state index contributed by atoms with van der Waals surface area (Å²) in [6, 6.07) is 6.94. The van der Waals surface area contributed by atoms with Gasteiger partial charge in [-0.05, 0) is 36.8 Å². The first-order valence-electron chi connectivity index (χ1n) is 8.69. The van der Waals surface area contributed by atoms with Gasteiger partial charge >= 0.3 is 6.18 Å². The molecule has 1 aromatic carbocycles. The summed E-state index contributed by atoms with van der Waals surface area (Å²) in [5.41, 5.74) is 0.0675. The number of ether oxygens (including phenoxy) is 2. The van der Waals surface area contributed by atoms with Crippen LogP contribution in [0.15, 0.2) is 36.5 Å². The van der Waals surface area contributed by atoms with E-state index in [9.17, 15) is 18.0 Å². The van der Waals surface area contributed by atoms with Crippen molar-refractivity contribution in [2.45, 2.75) is 19.1 Å². The molecule has 2 heterocycles. The summed E-state index contributed by atoms with van der Waals surface area (Å²) < 4.78 is 49.9. The lowest BCUT2D eigenvalue weighted by Gasteiger charge is -2.16. The highest BCUT2D eigenvalue weighted by Gasteiger charge is 2.34. The topological polar surface area (TPSA) is 72.5 Å². The number of aromatic nitrogens is 1. The Kier molecular flexibility index (Phi) is 6.03. The Labute approximate surface area is 160 Å². The van der Waals surface area contributed by atoms with Gasteiger partial charge in [-0.2, -0.15) is 13.2 Å². The van der Waals surface area contributed by atoms with E-state index < -0.39 is 11.7 Å². The summed E-state index contributed by atoms with van der Waals surface area (Å²) in [4.78, 5) is 16.1. The normalized spacial score (nSPS) is 16.6. The van der Waals surface area contributed by atoms with E-state index in [2.05, 4.69) is 15.6 Å². The molecule has 0 aliphatic carbocycles. The molecule has 2 N–H and O–H groups in total. The fourth-order valence-electron chi connectivity index (χ4n) is 2.82. The molecule has 2 aromatic rings. The van der Waals surface area contributed by atoms with Gasteiger partial charge in [0, 0.05) is 6.61 Å². The standard InChI is InChI=1S/C19H20F3N3O3/c1-27-15-4-5-17(16(8-15)19(20,21)22)25-14-3-2-13(23-10-14)9-24-18(26)12-6-7-28-11-12/h2-5,8,10,12,25H,6-7,9,11H2,1H3,(H,24,26). The number of methoxy groups -OCH3 is 1. The van der Waals surface area contributed by atoms with Crippen LogP contribution in [0.25, 0.3) is 0 Å². The van der Waals surface area contributed by atoms with Gasteiger partial charge in [0.25, 0.3) is 0 Å². The van der Waals surface area contributed by atoms with Crippen LogP contribution in [-0.4, -0.2) is 31.2 Å². The highest BCUT2D eigenvalue weighted by atomic mass is 19.4. The van der Waals surface area contributed by atoms with Crippen LogP contribution in [0.2, 0.25) is 0 Å². The first-order chi connectivity index (χ1) is 13.4. The van der Waals surface area contributed by atoms with Crippen LogP contribution in [0.4, 0.5) is 24.5 Å². The van der Waals surface area contributed by atoms with Crippen LogP contribution in [-0.2, 0) is 22.3 Å². The number of hydrogen-bond donors (Lipinski definition) is 2. The van der Waals surface area contributed by atoms with Crippen molar-refractivity contribution >= 4 is 17.3 Å². The van der Waals surface area contributed by atoms with Crippen LogP contribution in [0.1, 0.15) is 17.7 Å². The molecular weight excluding hydrogens is 375 g/mol. The third-order valence-corrected chi connectivity index (χ3v) is 4.38. The first kappa shape index (κ1) is 19.9. The van der Waals surface area contributed by atoms with Crippen LogP contribution >= 0.6 is 0 Å². The molecule has 9 heteroatoms. The molecule has 0 radical (unpaired) electrons. The van der Waals surface area contributed by atoms with E-state index in [0.717, 1.165) is 6.07 Å². The van der Waals surface area contributed by atoms with Gasteiger partial charge < -0.3 is 20.1 Å². The Hall–Kier alpha value is -2.81. The van der Waals surface area contributed by atoms with Gasteiger partial charge in [-0.15, -0.1) is 0 Å². The number of amides is 1. The number of rotatable bonds is 6. The Morgan fingerprint density at radius 1 is 1.32 bits per heavy atom. The average Bonchev–Trinajstić information content (AvgIpc) is 3.21. The zero-order chi connectivity index (χ0) is 20.1. The highest BCUT2D eigenvalue weighted by Crippen LogP contribution is 2.38. The molecule has 1 fully saturated rings. The van der Waals surface area contributed by atoms with E-state index in [1.54, 1.807) is 12.1 Å². The molecule has 6 nitrogen and oxygen atoms in total. The van der Waals surface area contributed by atoms with Crippen molar-refractivity contribution in [1.29, 1.82) is 0 Å². The quantitative estimate of drug-likeness (QED) is 0.783. The number of carbonyl (C=O) groups is 1. The van der Waals surface area contributed by atoms with Crippen molar-refractivity contribution in [2.75, 3.05) is 25.6 Å². The lowest BCUT2D eigenvalue weighted by molar-refractivity contribution is -0.137. The molecule has 28 heavy (non-hydrogen) atoms. The molecular formula is C19H20F3N3O3. The molecule has 1 aliphatic rings. The summed E-state index contributed by atoms with van der Waals surface area (Å²) in [6.45, 7) is 1.25. The Balaban J connectivity index is 1.65. The average molecular weight is 395 g/mol. The number of alkyl halides is 3. The van der Waals surface area contributed by atoms with Gasteiger partial charge in [-0.1, -0.05) is 0 Å². The minimum atomic E-state index is -4.53. The van der Waals surface area contributed by atoms with Crippen molar-refractivity contribution in [3.8, 4) is 5.75 Å². The lowest BCUT2D eigenvalue weighted by Crippen LogP contribution is -2.30. The van der Waals surface area contributed by atoms with Gasteiger partial charge in [0.2, 0.25) is 5.91 Å². The van der Waals surface area contributed by atoms with E-state index in [1.807, 2.05) is 0 Å². The highest BCUT2D eigenvalue weighted by molar-refractivity contribution is 5.78. The molecule has 1 amide bonds. The zero-order valence-electron chi connectivity index (χ0n) is 15.2. The molecule has 1 saturated heterocycles. The molecule has 3 rings (SSSR count). The van der Waals surface area contributed by atoms with Crippen LogP contribution < -0.4 is 15.4 Å². The van der Waals surface area contributed by atoms with E-state index in [-0.39, 0.29) is 29.8 Å². The van der Waals surface area contributed by atoms with E-state index >= 15 is 0 Å². The fourth-order valence-corrected chi connectivity index (χ4v) is 2.82. The maximum absolute atomic E-state index is 13.3. The number of nitrogens with zero attached hydrogens (tertiary/aromatic N) is 1. The van der Waals surface area contributed by atoms with Gasteiger partial charge in [0.05, 0.1) is 55.0 Å². The van der Waals surface area contributed by atoms with Gasteiger partial charge in [0.15, 0.2) is 0 Å². The second-order valence-electron chi connectivity index (χ2n) is 6.35. The fraction of sp³-hybridized carbons (Fsp3) is 0.368. The molecule has 0 bridgehead atoms. The number of nitrogens with one attached hydrogen (secondary N) is 2. The number of hydrogen-bond acceptors (Lipinski definition) is 5. The van der Waals surface area contributed by atoms with Crippen molar-refractivity contribution in [2.24, 2.45) is 5.92 Å². The second kappa shape index (κ2) is 8.47. The molecule has 150 valence electrons. The zero-order valence-corrected chi connectivity index (χ0v) is 15.2. The number of halogens is 3. The molecule has 0 spiro atoms. The Morgan fingerprint density at radius 3 is 2.75 bits per heavy atom. The Morgan fingerprint density at radius 2 is 2.14 bits per heavy atom. The summed E-state index contributed by atoms with van der Waals surface area (Å²) in [6.07, 6.45) is -2.41. The molecule has 1 unspecified atom stereocenters. The maximum atomic E-state index is 13.3. The lowest BCUT2D eigenvalue weighted by atomic mass is 10.1. The minimum Gasteiger partial charge on any atom is -0.497 e. The van der Waals surface area contributed by atoms with Gasteiger partial charge in [-0.3, -0.25) is 9.78 Å². The molecule has 1 aliphatic heterocycles. The smallest absolute Gasteiger partial charge is 0.418 e. The second-order valence-corrected chi connectivity index (χ2v) is 6.35. The van der Waals surface area contributed by atoms with E-state index in [0.29, 0.717) is 31.0 Å². The van der Waals surface area contributed by atoms with Crippen LogP contribution in [0.5, 0.6) is 5.75 Å². The maximum Gasteiger partial charge on any atom is 0.418 e. The van der Waals surface area contributed by atoms with Crippen molar-refractivity contribution < 1.29 is 27.4 Å². The number of pyridine rings is 1. The Bertz CT molecular complexity index is 819. The largest absolute Gasteiger partial charge is 0.497 e. The number of benzene rings is 1. The summed E-state index contributed by atoms with van der Waals surface area (Å²) in [7, 11) is 1.31. The third-order valence-electron chi connectivity index (χ3n) is 4.38. The van der Waals surface area contributed by atoms with Gasteiger partial charge in [0.1, 0.15) is 5.75 Å². The predicted molar refractivity (Wildman–Crippen MR) is 96.3 cm³/mol. The minimum absolute atomic E-state index is 0.0884. The molecule has 0 saturated carbocycles. The first-order valence-corrected chi connectivity index (χ1v) is 8.69.